The predicted molar refractivity (Wildman–Crippen MR) is 75.0 cm³/mol. The Labute approximate surface area is 113 Å². The molecule has 0 radical (unpaired) electrons. The monoisotopic (exact) mass is 251 g/mol. The first-order valence-electron chi connectivity index (χ1n) is 6.74. The second kappa shape index (κ2) is 5.22. The van der Waals surface area contributed by atoms with Gasteiger partial charge in [0.2, 0.25) is 6.33 Å². The van der Waals surface area contributed by atoms with Crippen molar-refractivity contribution in [3.63, 3.8) is 0 Å². The number of hydrogen-bond acceptors (Lipinski definition) is 1. The van der Waals surface area contributed by atoms with Crippen molar-refractivity contribution < 1.29 is 4.57 Å². The van der Waals surface area contributed by atoms with E-state index >= 15 is 0 Å². The van der Waals surface area contributed by atoms with Gasteiger partial charge in [0.1, 0.15) is 5.82 Å². The van der Waals surface area contributed by atoms with Crippen molar-refractivity contribution >= 4 is 11.0 Å². The second-order valence-corrected chi connectivity index (χ2v) is 4.62. The molecule has 0 atom stereocenters. The number of aromatic nitrogens is 3. The van der Waals surface area contributed by atoms with Gasteiger partial charge in [-0.1, -0.05) is 43.7 Å². The first-order valence-corrected chi connectivity index (χ1v) is 6.74. The maximum atomic E-state index is 4.41. The van der Waals surface area contributed by atoms with Crippen molar-refractivity contribution in [1.29, 1.82) is 0 Å². The van der Waals surface area contributed by atoms with E-state index in [1.165, 1.54) is 11.9 Å². The third-order valence-electron chi connectivity index (χ3n) is 3.25. The summed E-state index contributed by atoms with van der Waals surface area (Å²) in [6.45, 7) is 3.20. The lowest BCUT2D eigenvalue weighted by Crippen LogP contribution is -2.32. The number of unbranched alkanes of at least 4 members (excludes halogenated alkanes) is 1. The first-order chi connectivity index (χ1) is 9.40. The normalized spacial score (nSPS) is 11.0. The Balaban J connectivity index is 2.15. The van der Waals surface area contributed by atoms with Crippen molar-refractivity contribution in [3.8, 4) is 5.82 Å². The molecule has 0 aliphatic rings. The number of aryl methyl sites for hydroxylation is 1. The van der Waals surface area contributed by atoms with E-state index in [-0.39, 0.29) is 0 Å². The minimum atomic E-state index is 0.911. The summed E-state index contributed by atoms with van der Waals surface area (Å²) >= 11 is 0. The molecule has 2 heterocycles. The summed E-state index contributed by atoms with van der Waals surface area (Å²) in [7, 11) is 0. The summed E-state index contributed by atoms with van der Waals surface area (Å²) in [6, 6.07) is 14.3. The molecule has 0 saturated heterocycles. The highest BCUT2D eigenvalue weighted by Gasteiger charge is 2.08. The van der Waals surface area contributed by atoms with E-state index in [4.69, 9.17) is 0 Å². The maximum Gasteiger partial charge on any atom is 0.245 e. The Bertz CT molecular complexity index is 671. The number of para-hydroxylation sites is 2. The molecule has 19 heavy (non-hydrogen) atoms. The van der Waals surface area contributed by atoms with Crippen molar-refractivity contribution in [3.05, 3.63) is 55.0 Å². The van der Waals surface area contributed by atoms with Gasteiger partial charge in [-0.2, -0.15) is 0 Å². The topological polar surface area (TPSA) is 21.7 Å². The lowest BCUT2D eigenvalue weighted by Gasteiger charge is -2.02. The van der Waals surface area contributed by atoms with E-state index in [2.05, 4.69) is 47.1 Å². The molecule has 3 nitrogen and oxygen atoms in total. The number of hydrogen-bond donors (Lipinski definition) is 0. The summed E-state index contributed by atoms with van der Waals surface area (Å²) in [5, 5.41) is 0. The number of nitrogens with zero attached hydrogens (tertiary/aromatic N) is 3. The van der Waals surface area contributed by atoms with Crippen LogP contribution in [0.15, 0.2) is 48.7 Å². The molecule has 2 aromatic heterocycles. The third kappa shape index (κ3) is 2.24. The van der Waals surface area contributed by atoms with Crippen LogP contribution in [0.5, 0.6) is 0 Å². The second-order valence-electron chi connectivity index (χ2n) is 4.62. The quantitative estimate of drug-likeness (QED) is 0.516. The first kappa shape index (κ1) is 11.9. The van der Waals surface area contributed by atoms with Crippen LogP contribution in [0.25, 0.3) is 16.9 Å². The smallest absolute Gasteiger partial charge is 0.245 e. The number of imidazole rings is 1. The van der Waals surface area contributed by atoms with Crippen molar-refractivity contribution in [1.82, 2.24) is 9.55 Å². The van der Waals surface area contributed by atoms with E-state index in [9.17, 15) is 0 Å². The average Bonchev–Trinajstić information content (AvgIpc) is 2.85. The Morgan fingerprint density at radius 1 is 1.16 bits per heavy atom. The average molecular weight is 251 g/mol. The van der Waals surface area contributed by atoms with Gasteiger partial charge in [0.25, 0.3) is 0 Å². The van der Waals surface area contributed by atoms with Gasteiger partial charge >= 0.3 is 0 Å². The fraction of sp³-hybridized carbons (Fsp3) is 0.250. The molecule has 96 valence electrons. The highest BCUT2D eigenvalue weighted by Crippen LogP contribution is 2.14. The van der Waals surface area contributed by atoms with E-state index in [0.29, 0.717) is 0 Å². The van der Waals surface area contributed by atoms with Crippen molar-refractivity contribution in [2.45, 2.75) is 26.3 Å². The molecular weight excluding hydrogens is 234 g/mol. The van der Waals surface area contributed by atoms with Crippen LogP contribution in [0.1, 0.15) is 19.8 Å². The molecule has 0 aliphatic carbocycles. The fourth-order valence-corrected chi connectivity index (χ4v) is 2.26. The highest BCUT2D eigenvalue weighted by molar-refractivity contribution is 5.73. The van der Waals surface area contributed by atoms with Gasteiger partial charge in [0.15, 0.2) is 0 Å². The van der Waals surface area contributed by atoms with E-state index in [1.54, 1.807) is 0 Å². The summed E-state index contributed by atoms with van der Waals surface area (Å²) < 4.78 is 4.22. The number of benzene rings is 1. The summed E-state index contributed by atoms with van der Waals surface area (Å²) in [6.07, 6.45) is 7.57. The van der Waals surface area contributed by atoms with E-state index in [0.717, 1.165) is 24.3 Å². The Morgan fingerprint density at radius 2 is 2.00 bits per heavy atom. The zero-order valence-electron chi connectivity index (χ0n) is 11.1. The van der Waals surface area contributed by atoms with Crippen molar-refractivity contribution in [2.24, 2.45) is 0 Å². The van der Waals surface area contributed by atoms with Crippen LogP contribution in [0.2, 0.25) is 0 Å². The molecule has 0 unspecified atom stereocenters. The van der Waals surface area contributed by atoms with Gasteiger partial charge in [-0.3, -0.25) is 4.98 Å². The molecule has 0 amide bonds. The molecule has 0 saturated carbocycles. The van der Waals surface area contributed by atoms with E-state index in [1.807, 2.05) is 29.0 Å². The van der Waals surface area contributed by atoms with Crippen LogP contribution in [-0.2, 0) is 6.54 Å². The number of rotatable bonds is 4. The summed E-state index contributed by atoms with van der Waals surface area (Å²) in [5.41, 5.74) is 2.36. The molecular formula is C16H17N3. The van der Waals surface area contributed by atoms with Gasteiger partial charge in [-0.15, -0.1) is 0 Å². The Morgan fingerprint density at radius 3 is 2.79 bits per heavy atom. The Hall–Kier alpha value is -2.16. The molecule has 0 aliphatic heterocycles. The minimum absolute atomic E-state index is 0.911. The van der Waals surface area contributed by atoms with Crippen LogP contribution in [-0.4, -0.2) is 9.55 Å². The lowest BCUT2D eigenvalue weighted by molar-refractivity contribution is -0.676. The third-order valence-corrected chi connectivity index (χ3v) is 3.25. The summed E-state index contributed by atoms with van der Waals surface area (Å²) in [5.74, 6) is 0.911. The van der Waals surface area contributed by atoms with Crippen LogP contribution < -0.4 is 4.57 Å². The molecule has 3 rings (SSSR count). The van der Waals surface area contributed by atoms with Gasteiger partial charge < -0.3 is 9.13 Å². The van der Waals surface area contributed by atoms with Crippen LogP contribution >= 0.6 is 0 Å². The molecule has 0 bridgehead atoms. The number of pyridine rings is 1. The fourth-order valence-electron chi connectivity index (χ4n) is 2.26. The van der Waals surface area contributed by atoms with Gasteiger partial charge in [-0.25, -0.2) is 0 Å². The highest BCUT2D eigenvalue weighted by atomic mass is 15.2. The molecule has 3 heteroatoms. The maximum absolute atomic E-state index is 4.41. The van der Waals surface area contributed by atoms with Gasteiger partial charge in [-0.05, 0) is 18.6 Å². The molecule has 1 aromatic carbocycles. The van der Waals surface area contributed by atoms with Crippen molar-refractivity contribution in [2.75, 3.05) is 0 Å². The van der Waals surface area contributed by atoms with Gasteiger partial charge in [0, 0.05) is 6.20 Å². The molecule has 0 N–H and O–H groups in total. The van der Waals surface area contributed by atoms with Gasteiger partial charge in [0.05, 0.1) is 17.6 Å². The molecule has 0 spiro atoms. The van der Waals surface area contributed by atoms with Crippen LogP contribution in [0.3, 0.4) is 0 Å². The molecule has 3 aromatic rings. The summed E-state index contributed by atoms with van der Waals surface area (Å²) in [4.78, 5) is 4.41. The Kier molecular flexibility index (Phi) is 3.27. The molecule has 0 fully saturated rings. The SMILES string of the molecule is CCCC[n+]1[c-]n(-c2ccccn2)c2ccccc21. The zero-order valence-corrected chi connectivity index (χ0v) is 11.1. The standard InChI is InChI=1S/C16H17N3/c1-2-3-12-18-13-19(16-10-6-7-11-17-16)15-9-5-4-8-14(15)18/h4-11H,2-3,12H2,1H3. The predicted octanol–water partition coefficient (Wildman–Crippen LogP) is 2.91. The lowest BCUT2D eigenvalue weighted by atomic mass is 10.3. The minimum Gasteiger partial charge on any atom is -0.313 e. The van der Waals surface area contributed by atoms with Crippen LogP contribution in [0, 0.1) is 6.33 Å². The largest absolute Gasteiger partial charge is 0.313 e. The number of fused-ring (bicyclic) bond motifs is 1. The van der Waals surface area contributed by atoms with Crippen LogP contribution in [0.4, 0.5) is 0 Å². The van der Waals surface area contributed by atoms with E-state index < -0.39 is 0 Å². The zero-order chi connectivity index (χ0) is 13.1.